The van der Waals surface area contributed by atoms with Crippen molar-refractivity contribution in [2.75, 3.05) is 7.05 Å². The summed E-state index contributed by atoms with van der Waals surface area (Å²) in [5.41, 5.74) is -0.525. The lowest BCUT2D eigenvalue weighted by atomic mass is 10.0. The Morgan fingerprint density at radius 2 is 2.29 bits per heavy atom. The number of carbonyl (C=O) groups excluding carboxylic acids is 1. The summed E-state index contributed by atoms with van der Waals surface area (Å²) in [6.07, 6.45) is 3.73. The highest BCUT2D eigenvalue weighted by molar-refractivity contribution is 7.09. The second-order valence-corrected chi connectivity index (χ2v) is 6.91. The average molecular weight is 312 g/mol. The topological polar surface area (TPSA) is 80.8 Å². The van der Waals surface area contributed by atoms with Crippen molar-refractivity contribution in [1.29, 1.82) is 0 Å². The van der Waals surface area contributed by atoms with Crippen LogP contribution in [0.4, 0.5) is 4.79 Å². The van der Waals surface area contributed by atoms with E-state index in [4.69, 9.17) is 10.6 Å². The molecular formula is C14H24N4O2S. The van der Waals surface area contributed by atoms with E-state index in [-0.39, 0.29) is 18.1 Å². The van der Waals surface area contributed by atoms with Crippen LogP contribution < -0.4 is 5.84 Å². The number of aromatic nitrogens is 1. The molecule has 1 amide bonds. The molecule has 7 heteroatoms. The van der Waals surface area contributed by atoms with Gasteiger partial charge in [-0.1, -0.05) is 6.92 Å². The maximum atomic E-state index is 12.3. The third-order valence-corrected chi connectivity index (χ3v) is 3.70. The first-order valence-electron chi connectivity index (χ1n) is 6.83. The van der Waals surface area contributed by atoms with Crippen LogP contribution in [0, 0.1) is 5.92 Å². The maximum Gasteiger partial charge on any atom is 0.410 e. The van der Waals surface area contributed by atoms with Crippen LogP contribution in [0.2, 0.25) is 0 Å². The van der Waals surface area contributed by atoms with Gasteiger partial charge in [-0.25, -0.2) is 9.78 Å². The van der Waals surface area contributed by atoms with E-state index in [1.807, 2.05) is 33.1 Å². The second kappa shape index (κ2) is 7.40. The van der Waals surface area contributed by atoms with Crippen LogP contribution >= 0.6 is 11.3 Å². The van der Waals surface area contributed by atoms with E-state index < -0.39 is 5.60 Å². The van der Waals surface area contributed by atoms with Crippen molar-refractivity contribution < 1.29 is 9.53 Å². The zero-order chi connectivity index (χ0) is 16.0. The number of hydrogen-bond acceptors (Lipinski definition) is 6. The lowest BCUT2D eigenvalue weighted by molar-refractivity contribution is 0.0206. The van der Waals surface area contributed by atoms with E-state index in [0.29, 0.717) is 6.42 Å². The first-order valence-corrected chi connectivity index (χ1v) is 7.71. The molecule has 21 heavy (non-hydrogen) atoms. The molecule has 0 spiro atoms. The number of nitrogens with two attached hydrogens (primary N) is 1. The molecule has 0 bridgehead atoms. The quantitative estimate of drug-likeness (QED) is 0.515. The van der Waals surface area contributed by atoms with Crippen molar-refractivity contribution in [3.8, 4) is 0 Å². The maximum absolute atomic E-state index is 12.3. The molecule has 2 atom stereocenters. The largest absolute Gasteiger partial charge is 0.444 e. The molecule has 0 aliphatic carbocycles. The summed E-state index contributed by atoms with van der Waals surface area (Å²) in [5, 5.41) is 6.33. The van der Waals surface area contributed by atoms with Gasteiger partial charge in [0.25, 0.3) is 0 Å². The molecule has 2 N–H and O–H groups in total. The van der Waals surface area contributed by atoms with Gasteiger partial charge in [0.2, 0.25) is 0 Å². The molecule has 0 saturated heterocycles. The molecule has 6 nitrogen and oxygen atoms in total. The summed E-state index contributed by atoms with van der Waals surface area (Å²) < 4.78 is 5.43. The van der Waals surface area contributed by atoms with Gasteiger partial charge in [-0.05, 0) is 33.1 Å². The Bertz CT molecular complexity index is 468. The number of rotatable bonds is 5. The normalized spacial score (nSPS) is 14.9. The lowest BCUT2D eigenvalue weighted by Gasteiger charge is -2.30. The zero-order valence-corrected chi connectivity index (χ0v) is 14.1. The molecular weight excluding hydrogens is 288 g/mol. The Labute approximate surface area is 130 Å². The van der Waals surface area contributed by atoms with E-state index in [9.17, 15) is 4.79 Å². The SMILES string of the molecule is C[C@H](/C=N/N)C[C@@H](c1nccs1)N(C)C(=O)OC(C)(C)C. The van der Waals surface area contributed by atoms with Crippen molar-refractivity contribution in [3.05, 3.63) is 16.6 Å². The highest BCUT2D eigenvalue weighted by atomic mass is 32.1. The third kappa shape index (κ3) is 5.71. The Balaban J connectivity index is 2.88. The summed E-state index contributed by atoms with van der Waals surface area (Å²) >= 11 is 1.52. The molecule has 118 valence electrons. The number of thiazole rings is 1. The Kier molecular flexibility index (Phi) is 6.14. The predicted octanol–water partition coefficient (Wildman–Crippen LogP) is 3.02. The Morgan fingerprint density at radius 3 is 2.76 bits per heavy atom. The van der Waals surface area contributed by atoms with E-state index in [2.05, 4.69) is 10.1 Å². The number of carbonyl (C=O) groups is 1. The highest BCUT2D eigenvalue weighted by Gasteiger charge is 2.28. The van der Waals surface area contributed by atoms with Crippen molar-refractivity contribution in [2.24, 2.45) is 16.9 Å². The minimum atomic E-state index is -0.525. The van der Waals surface area contributed by atoms with Gasteiger partial charge < -0.3 is 15.5 Å². The molecule has 0 aromatic carbocycles. The number of amides is 1. The van der Waals surface area contributed by atoms with Gasteiger partial charge >= 0.3 is 6.09 Å². The van der Waals surface area contributed by atoms with E-state index in [1.165, 1.54) is 11.3 Å². The van der Waals surface area contributed by atoms with Gasteiger partial charge in [0.15, 0.2) is 0 Å². The summed E-state index contributed by atoms with van der Waals surface area (Å²) in [6.45, 7) is 7.54. The standard InChI is InChI=1S/C14H24N4O2S/c1-10(9-17-15)8-11(12-16-6-7-21-12)18(5)13(19)20-14(2,3)4/h6-7,9-11H,8,15H2,1-5H3/b17-9+/t10-,11-/m0/s1. The molecule has 1 aromatic heterocycles. The second-order valence-electron chi connectivity index (χ2n) is 5.99. The predicted molar refractivity (Wildman–Crippen MR) is 85.3 cm³/mol. The average Bonchev–Trinajstić information content (AvgIpc) is 2.87. The van der Waals surface area contributed by atoms with Crippen LogP contribution in [0.25, 0.3) is 0 Å². The molecule has 0 aliphatic heterocycles. The van der Waals surface area contributed by atoms with Crippen molar-refractivity contribution in [2.45, 2.75) is 45.8 Å². The molecule has 1 heterocycles. The van der Waals surface area contributed by atoms with Gasteiger partial charge in [-0.3, -0.25) is 0 Å². The van der Waals surface area contributed by atoms with Crippen molar-refractivity contribution in [3.63, 3.8) is 0 Å². The number of hydrogen-bond donors (Lipinski definition) is 1. The summed E-state index contributed by atoms with van der Waals surface area (Å²) in [5.74, 6) is 5.33. The van der Waals surface area contributed by atoms with E-state index in [1.54, 1.807) is 24.4 Å². The van der Waals surface area contributed by atoms with Crippen molar-refractivity contribution in [1.82, 2.24) is 9.88 Å². The number of nitrogens with zero attached hydrogens (tertiary/aromatic N) is 3. The summed E-state index contributed by atoms with van der Waals surface area (Å²) in [4.78, 5) is 18.2. The zero-order valence-electron chi connectivity index (χ0n) is 13.2. The van der Waals surface area contributed by atoms with E-state index in [0.717, 1.165) is 5.01 Å². The van der Waals surface area contributed by atoms with Gasteiger partial charge in [-0.15, -0.1) is 11.3 Å². The van der Waals surface area contributed by atoms with Crippen LogP contribution in [0.1, 0.15) is 45.2 Å². The number of hydrazone groups is 1. The summed E-state index contributed by atoms with van der Waals surface area (Å²) in [7, 11) is 1.73. The fourth-order valence-electron chi connectivity index (χ4n) is 1.84. The molecule has 0 saturated carbocycles. The first kappa shape index (κ1) is 17.4. The monoisotopic (exact) mass is 312 g/mol. The van der Waals surface area contributed by atoms with Gasteiger partial charge in [-0.2, -0.15) is 5.10 Å². The first-order chi connectivity index (χ1) is 9.74. The van der Waals surface area contributed by atoms with Crippen LogP contribution in [0.5, 0.6) is 0 Å². The minimum Gasteiger partial charge on any atom is -0.444 e. The molecule has 0 radical (unpaired) electrons. The minimum absolute atomic E-state index is 0.133. The molecule has 0 fully saturated rings. The molecule has 0 unspecified atom stereocenters. The van der Waals surface area contributed by atoms with Gasteiger partial charge in [0.05, 0.1) is 6.04 Å². The fraction of sp³-hybridized carbons (Fsp3) is 0.643. The van der Waals surface area contributed by atoms with Crippen LogP contribution in [-0.4, -0.2) is 34.8 Å². The molecule has 0 aliphatic rings. The Morgan fingerprint density at radius 1 is 1.62 bits per heavy atom. The van der Waals surface area contributed by atoms with Crippen LogP contribution in [0.15, 0.2) is 16.7 Å². The third-order valence-electron chi connectivity index (χ3n) is 2.82. The van der Waals surface area contributed by atoms with Gasteiger partial charge in [0.1, 0.15) is 10.6 Å². The molecule has 1 aromatic rings. The Hall–Kier alpha value is -1.63. The fourth-order valence-corrected chi connectivity index (χ4v) is 2.64. The van der Waals surface area contributed by atoms with E-state index >= 15 is 0 Å². The van der Waals surface area contributed by atoms with Crippen molar-refractivity contribution >= 4 is 23.6 Å². The lowest BCUT2D eigenvalue weighted by Crippen LogP contribution is -2.37. The smallest absolute Gasteiger partial charge is 0.410 e. The highest BCUT2D eigenvalue weighted by Crippen LogP contribution is 2.29. The molecule has 1 rings (SSSR count). The van der Waals surface area contributed by atoms with Crippen LogP contribution in [-0.2, 0) is 4.74 Å². The van der Waals surface area contributed by atoms with Crippen LogP contribution in [0.3, 0.4) is 0 Å². The number of ether oxygens (including phenoxy) is 1. The van der Waals surface area contributed by atoms with Gasteiger partial charge in [0, 0.05) is 24.8 Å². The summed E-state index contributed by atoms with van der Waals surface area (Å²) in [6, 6.07) is -0.159.